The molecule has 3 aromatic rings. The van der Waals surface area contributed by atoms with Crippen molar-refractivity contribution in [1.82, 2.24) is 14.8 Å². The van der Waals surface area contributed by atoms with Crippen LogP contribution in [0.5, 0.6) is 0 Å². The van der Waals surface area contributed by atoms with Gasteiger partial charge in [-0.2, -0.15) is 0 Å². The molecule has 0 unspecified atom stereocenters. The summed E-state index contributed by atoms with van der Waals surface area (Å²) in [6, 6.07) is 11.9. The minimum absolute atomic E-state index is 0.0711. The van der Waals surface area contributed by atoms with Crippen LogP contribution in [0.1, 0.15) is 73.3 Å². The molecule has 7 heteroatoms. The van der Waals surface area contributed by atoms with Crippen LogP contribution in [0.2, 0.25) is 5.02 Å². The Bertz CT molecular complexity index is 1220. The van der Waals surface area contributed by atoms with Gasteiger partial charge in [0, 0.05) is 22.5 Å². The molecule has 1 N–H and O–H groups in total. The zero-order valence-electron chi connectivity index (χ0n) is 19.9. The van der Waals surface area contributed by atoms with Gasteiger partial charge in [0.15, 0.2) is 0 Å². The van der Waals surface area contributed by atoms with Crippen LogP contribution in [0.4, 0.5) is 0 Å². The molecule has 2 aromatic heterocycles. The molecule has 0 radical (unpaired) electrons. The van der Waals surface area contributed by atoms with E-state index in [0.29, 0.717) is 23.8 Å². The second kappa shape index (κ2) is 9.38. The first kappa shape index (κ1) is 23.4. The molecule has 1 saturated carbocycles. The predicted octanol–water partition coefficient (Wildman–Crippen LogP) is 6.17. The Morgan fingerprint density at radius 2 is 1.91 bits per heavy atom. The van der Waals surface area contributed by atoms with E-state index in [1.807, 2.05) is 37.3 Å². The first-order valence-corrected chi connectivity index (χ1v) is 13.6. The molecule has 1 fully saturated rings. The van der Waals surface area contributed by atoms with E-state index in [0.717, 1.165) is 47.9 Å². The number of halogens is 1. The van der Waals surface area contributed by atoms with E-state index in [1.54, 1.807) is 16.2 Å². The fourth-order valence-corrected chi connectivity index (χ4v) is 6.61. The lowest BCUT2D eigenvalue weighted by Crippen LogP contribution is -2.64. The zero-order chi connectivity index (χ0) is 23.9. The molecular weight excluding hydrogens is 466 g/mol. The Balaban J connectivity index is 1.54. The fourth-order valence-electron chi connectivity index (χ4n) is 5.37. The SMILES string of the molecule is CCc1cc2c(cc3n2C[C@](C)(C(=O)NC2CCCCCC2)N(Cc2ccccc2Cl)C3=O)s1. The summed E-state index contributed by atoms with van der Waals surface area (Å²) < 4.78 is 3.16. The standard InChI is InChI=1S/C27H32ClN3O2S/c1-3-20-14-22-24(34-20)15-23-25(32)31(16-18-10-8-9-13-21(18)28)27(2,17-30(22)23)26(33)29-19-11-6-4-5-7-12-19/h8-10,13-15,19H,3-7,11-12,16-17H2,1-2H3,(H,29,33)/t27-/m1/s1. The Labute approximate surface area is 210 Å². The van der Waals surface area contributed by atoms with Crippen LogP contribution < -0.4 is 5.32 Å². The second-order valence-corrected chi connectivity index (χ2v) is 11.4. The third-order valence-corrected chi connectivity index (χ3v) is 9.07. The summed E-state index contributed by atoms with van der Waals surface area (Å²) >= 11 is 8.20. The molecule has 0 saturated heterocycles. The number of amides is 2. The fraction of sp³-hybridized carbons (Fsp3) is 0.481. The highest BCUT2D eigenvalue weighted by Crippen LogP contribution is 2.37. The van der Waals surface area contributed by atoms with E-state index in [1.165, 1.54) is 17.7 Å². The number of aryl methyl sites for hydroxylation is 1. The number of rotatable bonds is 5. The molecule has 5 rings (SSSR count). The number of hydrogen-bond donors (Lipinski definition) is 1. The molecule has 180 valence electrons. The summed E-state index contributed by atoms with van der Waals surface area (Å²) in [5.41, 5.74) is 1.53. The van der Waals surface area contributed by atoms with Gasteiger partial charge in [0.25, 0.3) is 5.91 Å². The van der Waals surface area contributed by atoms with Gasteiger partial charge >= 0.3 is 0 Å². The number of thiophene rings is 1. The van der Waals surface area contributed by atoms with Crippen LogP contribution in [0.25, 0.3) is 10.2 Å². The normalized spacial score (nSPS) is 21.5. The third kappa shape index (κ3) is 4.16. The first-order chi connectivity index (χ1) is 16.4. The van der Waals surface area contributed by atoms with Gasteiger partial charge in [-0.25, -0.2) is 0 Å². The number of nitrogens with zero attached hydrogens (tertiary/aromatic N) is 2. The van der Waals surface area contributed by atoms with Gasteiger partial charge in [-0.15, -0.1) is 11.3 Å². The average Bonchev–Trinajstić information content (AvgIpc) is 3.26. The van der Waals surface area contributed by atoms with E-state index < -0.39 is 5.54 Å². The van der Waals surface area contributed by atoms with Crippen molar-refractivity contribution in [3.8, 4) is 0 Å². The van der Waals surface area contributed by atoms with Crippen LogP contribution in [0.3, 0.4) is 0 Å². The van der Waals surface area contributed by atoms with Crippen LogP contribution in [-0.4, -0.2) is 32.9 Å². The summed E-state index contributed by atoms with van der Waals surface area (Å²) in [7, 11) is 0. The number of carbonyl (C=O) groups excluding carboxylic acids is 2. The van der Waals surface area contributed by atoms with Gasteiger partial charge in [0.2, 0.25) is 5.91 Å². The second-order valence-electron chi connectivity index (χ2n) is 9.85. The highest BCUT2D eigenvalue weighted by atomic mass is 35.5. The maximum absolute atomic E-state index is 13.9. The molecule has 2 amide bonds. The van der Waals surface area contributed by atoms with Gasteiger partial charge < -0.3 is 14.8 Å². The van der Waals surface area contributed by atoms with Crippen molar-refractivity contribution >= 4 is 45.0 Å². The van der Waals surface area contributed by atoms with Crippen molar-refractivity contribution in [2.75, 3.05) is 0 Å². The highest BCUT2D eigenvalue weighted by molar-refractivity contribution is 7.19. The summed E-state index contributed by atoms with van der Waals surface area (Å²) in [5.74, 6) is -0.190. The molecule has 2 aliphatic rings. The van der Waals surface area contributed by atoms with E-state index in [9.17, 15) is 9.59 Å². The lowest BCUT2D eigenvalue weighted by molar-refractivity contribution is -0.134. The van der Waals surface area contributed by atoms with Crippen molar-refractivity contribution in [2.24, 2.45) is 0 Å². The molecular formula is C27H32ClN3O2S. The minimum atomic E-state index is -1.02. The molecule has 1 atom stereocenters. The molecule has 1 aliphatic heterocycles. The van der Waals surface area contributed by atoms with Crippen molar-refractivity contribution < 1.29 is 9.59 Å². The van der Waals surface area contributed by atoms with E-state index >= 15 is 0 Å². The van der Waals surface area contributed by atoms with E-state index in [2.05, 4.69) is 22.9 Å². The molecule has 0 bridgehead atoms. The Hall–Kier alpha value is -2.31. The lowest BCUT2D eigenvalue weighted by Gasteiger charge is -2.44. The Morgan fingerprint density at radius 3 is 2.62 bits per heavy atom. The van der Waals surface area contributed by atoms with E-state index in [-0.39, 0.29) is 17.9 Å². The van der Waals surface area contributed by atoms with Crippen LogP contribution in [0.15, 0.2) is 36.4 Å². The quantitative estimate of drug-likeness (QED) is 0.428. The Morgan fingerprint density at radius 1 is 1.18 bits per heavy atom. The van der Waals surface area contributed by atoms with Crippen molar-refractivity contribution in [3.63, 3.8) is 0 Å². The average molecular weight is 498 g/mol. The predicted molar refractivity (Wildman–Crippen MR) is 139 cm³/mol. The van der Waals surface area contributed by atoms with Gasteiger partial charge in [-0.1, -0.05) is 62.4 Å². The minimum Gasteiger partial charge on any atom is -0.351 e. The molecule has 1 aromatic carbocycles. The van der Waals surface area contributed by atoms with Crippen LogP contribution >= 0.6 is 22.9 Å². The summed E-state index contributed by atoms with van der Waals surface area (Å²) in [5, 5.41) is 3.94. The first-order valence-electron chi connectivity index (χ1n) is 12.4. The number of carbonyl (C=O) groups is 2. The monoisotopic (exact) mass is 497 g/mol. The smallest absolute Gasteiger partial charge is 0.271 e. The maximum atomic E-state index is 13.9. The summed E-state index contributed by atoms with van der Waals surface area (Å²) in [6.07, 6.45) is 7.70. The topological polar surface area (TPSA) is 54.3 Å². The van der Waals surface area contributed by atoms with E-state index in [4.69, 9.17) is 11.6 Å². The van der Waals surface area contributed by atoms with Crippen molar-refractivity contribution in [3.05, 3.63) is 57.6 Å². The van der Waals surface area contributed by atoms with Gasteiger partial charge in [-0.3, -0.25) is 9.59 Å². The number of hydrogen-bond acceptors (Lipinski definition) is 3. The van der Waals surface area contributed by atoms with Gasteiger partial charge in [0.1, 0.15) is 11.2 Å². The maximum Gasteiger partial charge on any atom is 0.271 e. The van der Waals surface area contributed by atoms with Gasteiger partial charge in [0.05, 0.1) is 16.8 Å². The molecule has 3 heterocycles. The number of fused-ring (bicyclic) bond motifs is 3. The summed E-state index contributed by atoms with van der Waals surface area (Å²) in [6.45, 7) is 4.78. The number of nitrogens with one attached hydrogen (secondary N) is 1. The molecule has 5 nitrogen and oxygen atoms in total. The lowest BCUT2D eigenvalue weighted by atomic mass is 9.93. The number of aromatic nitrogens is 1. The number of benzene rings is 1. The van der Waals surface area contributed by atoms with Gasteiger partial charge in [-0.05, 0) is 49.9 Å². The van der Waals surface area contributed by atoms with Crippen molar-refractivity contribution in [1.29, 1.82) is 0 Å². The highest BCUT2D eigenvalue weighted by Gasteiger charge is 2.48. The summed E-state index contributed by atoms with van der Waals surface area (Å²) in [4.78, 5) is 30.8. The molecule has 1 aliphatic carbocycles. The zero-order valence-corrected chi connectivity index (χ0v) is 21.5. The molecule has 0 spiro atoms. The Kier molecular flexibility index (Phi) is 6.47. The molecule has 34 heavy (non-hydrogen) atoms. The third-order valence-electron chi connectivity index (χ3n) is 7.48. The van der Waals surface area contributed by atoms with Crippen LogP contribution in [0, 0.1) is 0 Å². The van der Waals surface area contributed by atoms with Crippen molar-refractivity contribution in [2.45, 2.75) is 83.5 Å². The van der Waals surface area contributed by atoms with Crippen LogP contribution in [-0.2, 0) is 24.3 Å². The largest absolute Gasteiger partial charge is 0.351 e.